The molecule has 0 aliphatic carbocycles. The lowest BCUT2D eigenvalue weighted by Crippen LogP contribution is -2.33. The van der Waals surface area contributed by atoms with Crippen LogP contribution in [0.25, 0.3) is 10.1 Å². The zero-order valence-corrected chi connectivity index (χ0v) is 13.1. The molecule has 2 amide bonds. The van der Waals surface area contributed by atoms with Crippen LogP contribution in [0.3, 0.4) is 0 Å². The van der Waals surface area contributed by atoms with Gasteiger partial charge in [0.15, 0.2) is 0 Å². The van der Waals surface area contributed by atoms with E-state index in [2.05, 4.69) is 33.3 Å². The summed E-state index contributed by atoms with van der Waals surface area (Å²) >= 11 is 3.06. The monoisotopic (exact) mass is 315 g/mol. The average Bonchev–Trinajstić information content (AvgIpc) is 3.15. The van der Waals surface area contributed by atoms with E-state index in [1.807, 2.05) is 17.9 Å². The molecule has 0 saturated carbocycles. The van der Waals surface area contributed by atoms with E-state index in [-0.39, 0.29) is 6.03 Å². The Hall–Kier alpha value is -1.92. The summed E-state index contributed by atoms with van der Waals surface area (Å²) in [5.41, 5.74) is 3.24. The number of carbonyl (C=O) groups is 1. The average molecular weight is 315 g/mol. The molecule has 6 heteroatoms. The number of urea groups is 1. The Bertz CT molecular complexity index is 836. The molecule has 0 fully saturated rings. The van der Waals surface area contributed by atoms with Gasteiger partial charge in [-0.2, -0.15) is 4.37 Å². The van der Waals surface area contributed by atoms with Gasteiger partial charge in [-0.1, -0.05) is 0 Å². The SMILES string of the molecule is Cc1cc(NC(=O)N2CCc3c2ccc2sccc32)sn1. The van der Waals surface area contributed by atoms with Gasteiger partial charge in [-0.05, 0) is 65.5 Å². The third-order valence-corrected chi connectivity index (χ3v) is 5.38. The van der Waals surface area contributed by atoms with Crippen LogP contribution in [-0.4, -0.2) is 16.9 Å². The highest BCUT2D eigenvalue weighted by Gasteiger charge is 2.26. The fourth-order valence-corrected chi connectivity index (χ4v) is 4.23. The molecule has 0 spiro atoms. The van der Waals surface area contributed by atoms with Crippen molar-refractivity contribution >= 4 is 49.7 Å². The van der Waals surface area contributed by atoms with Gasteiger partial charge in [0, 0.05) is 16.9 Å². The summed E-state index contributed by atoms with van der Waals surface area (Å²) in [6.45, 7) is 2.65. The smallest absolute Gasteiger partial charge is 0.298 e. The molecule has 4 rings (SSSR count). The molecule has 2 aromatic heterocycles. The second-order valence-corrected chi connectivity index (χ2v) is 6.81. The van der Waals surface area contributed by atoms with Crippen molar-refractivity contribution in [3.05, 3.63) is 40.9 Å². The third-order valence-electron chi connectivity index (χ3n) is 3.70. The van der Waals surface area contributed by atoms with Crippen molar-refractivity contribution in [1.82, 2.24) is 4.37 Å². The van der Waals surface area contributed by atoms with Crippen LogP contribution in [0.2, 0.25) is 0 Å². The van der Waals surface area contributed by atoms with Crippen molar-refractivity contribution in [2.75, 3.05) is 16.8 Å². The highest BCUT2D eigenvalue weighted by atomic mass is 32.1. The number of aryl methyl sites for hydroxylation is 1. The van der Waals surface area contributed by atoms with Gasteiger partial charge >= 0.3 is 6.03 Å². The Morgan fingerprint density at radius 3 is 3.10 bits per heavy atom. The van der Waals surface area contributed by atoms with Crippen LogP contribution < -0.4 is 10.2 Å². The molecule has 1 aromatic carbocycles. The molecule has 1 aliphatic rings. The number of fused-ring (bicyclic) bond motifs is 3. The van der Waals surface area contributed by atoms with E-state index >= 15 is 0 Å². The molecular weight excluding hydrogens is 302 g/mol. The molecule has 106 valence electrons. The number of hydrogen-bond acceptors (Lipinski definition) is 4. The summed E-state index contributed by atoms with van der Waals surface area (Å²) in [7, 11) is 0. The van der Waals surface area contributed by atoms with Gasteiger partial charge in [0.25, 0.3) is 0 Å². The van der Waals surface area contributed by atoms with E-state index in [9.17, 15) is 4.79 Å². The van der Waals surface area contributed by atoms with E-state index in [0.29, 0.717) is 0 Å². The van der Waals surface area contributed by atoms with Gasteiger partial charge in [-0.3, -0.25) is 10.2 Å². The van der Waals surface area contributed by atoms with Gasteiger partial charge < -0.3 is 0 Å². The van der Waals surface area contributed by atoms with Gasteiger partial charge in [0.1, 0.15) is 5.00 Å². The quantitative estimate of drug-likeness (QED) is 0.729. The molecule has 4 nitrogen and oxygen atoms in total. The highest BCUT2D eigenvalue weighted by molar-refractivity contribution is 7.17. The summed E-state index contributed by atoms with van der Waals surface area (Å²) in [5, 5.41) is 7.11. The minimum Gasteiger partial charge on any atom is -0.298 e. The normalized spacial score (nSPS) is 13.7. The van der Waals surface area contributed by atoms with Crippen LogP contribution in [0.4, 0.5) is 15.5 Å². The molecule has 1 aliphatic heterocycles. The molecule has 0 atom stereocenters. The first kappa shape index (κ1) is 12.8. The largest absolute Gasteiger partial charge is 0.326 e. The Morgan fingerprint density at radius 1 is 1.38 bits per heavy atom. The van der Waals surface area contributed by atoms with Crippen LogP contribution in [0.1, 0.15) is 11.3 Å². The van der Waals surface area contributed by atoms with Gasteiger partial charge in [0.05, 0.1) is 5.69 Å². The van der Waals surface area contributed by atoms with Crippen molar-refractivity contribution in [2.24, 2.45) is 0 Å². The van der Waals surface area contributed by atoms with E-state index in [0.717, 1.165) is 29.3 Å². The van der Waals surface area contributed by atoms with E-state index in [1.54, 1.807) is 11.3 Å². The van der Waals surface area contributed by atoms with E-state index in [4.69, 9.17) is 0 Å². The number of carbonyl (C=O) groups excluding carboxylic acids is 1. The second kappa shape index (κ2) is 4.82. The lowest BCUT2D eigenvalue weighted by molar-refractivity contribution is 0.257. The molecule has 3 aromatic rings. The molecule has 3 heterocycles. The molecule has 0 radical (unpaired) electrons. The summed E-state index contributed by atoms with van der Waals surface area (Å²) in [5.74, 6) is 0. The number of hydrogen-bond donors (Lipinski definition) is 1. The number of aromatic nitrogens is 1. The van der Waals surface area contributed by atoms with Gasteiger partial charge in [-0.15, -0.1) is 11.3 Å². The lowest BCUT2D eigenvalue weighted by Gasteiger charge is -2.17. The molecule has 21 heavy (non-hydrogen) atoms. The molecule has 1 N–H and O–H groups in total. The topological polar surface area (TPSA) is 45.2 Å². The Morgan fingerprint density at radius 2 is 2.29 bits per heavy atom. The third kappa shape index (κ3) is 2.11. The highest BCUT2D eigenvalue weighted by Crippen LogP contribution is 2.36. The van der Waals surface area contributed by atoms with E-state index < -0.39 is 0 Å². The summed E-state index contributed by atoms with van der Waals surface area (Å²) < 4.78 is 5.47. The second-order valence-electron chi connectivity index (χ2n) is 5.06. The summed E-state index contributed by atoms with van der Waals surface area (Å²) in [4.78, 5) is 14.3. The maximum Gasteiger partial charge on any atom is 0.326 e. The minimum atomic E-state index is -0.0769. The summed E-state index contributed by atoms with van der Waals surface area (Å²) in [6.07, 6.45) is 0.915. The zero-order chi connectivity index (χ0) is 14.4. The number of nitrogens with one attached hydrogen (secondary N) is 1. The fraction of sp³-hybridized carbons (Fsp3) is 0.200. The first-order valence-electron chi connectivity index (χ1n) is 6.73. The van der Waals surface area contributed by atoms with Crippen LogP contribution in [0.15, 0.2) is 29.6 Å². The van der Waals surface area contributed by atoms with E-state index in [1.165, 1.54) is 27.2 Å². The van der Waals surface area contributed by atoms with Crippen LogP contribution >= 0.6 is 22.9 Å². The summed E-state index contributed by atoms with van der Waals surface area (Å²) in [6, 6.07) is 8.11. The predicted molar refractivity (Wildman–Crippen MR) is 88.7 cm³/mol. The maximum atomic E-state index is 12.5. The minimum absolute atomic E-state index is 0.0769. The molecule has 0 saturated heterocycles. The van der Waals surface area contributed by atoms with Gasteiger partial charge in [-0.25, -0.2) is 4.79 Å². The standard InChI is InChI=1S/C15H13N3OS2/c1-9-8-14(21-17-9)16-15(19)18-6-4-10-11-5-7-20-13(11)3-2-12(10)18/h2-3,5,7-8H,4,6H2,1H3,(H,16,19). The number of nitrogens with zero attached hydrogens (tertiary/aromatic N) is 2. The number of rotatable bonds is 1. The maximum absolute atomic E-state index is 12.5. The lowest BCUT2D eigenvalue weighted by atomic mass is 10.1. The van der Waals surface area contributed by atoms with Crippen molar-refractivity contribution in [3.63, 3.8) is 0 Å². The van der Waals surface area contributed by atoms with Crippen LogP contribution in [0.5, 0.6) is 0 Å². The Balaban J connectivity index is 1.65. The molecule has 0 bridgehead atoms. The first-order chi connectivity index (χ1) is 10.2. The Kier molecular flexibility index (Phi) is 2.94. The first-order valence-corrected chi connectivity index (χ1v) is 8.38. The van der Waals surface area contributed by atoms with Crippen LogP contribution in [0, 0.1) is 6.92 Å². The zero-order valence-electron chi connectivity index (χ0n) is 11.4. The fourth-order valence-electron chi connectivity index (χ4n) is 2.76. The van der Waals surface area contributed by atoms with Crippen molar-refractivity contribution < 1.29 is 4.79 Å². The van der Waals surface area contributed by atoms with Crippen molar-refractivity contribution in [3.8, 4) is 0 Å². The number of benzene rings is 1. The van der Waals surface area contributed by atoms with Crippen molar-refractivity contribution in [1.29, 1.82) is 0 Å². The van der Waals surface area contributed by atoms with Crippen molar-refractivity contribution in [2.45, 2.75) is 13.3 Å². The predicted octanol–water partition coefficient (Wildman–Crippen LogP) is 4.26. The van der Waals surface area contributed by atoms with Gasteiger partial charge in [0.2, 0.25) is 0 Å². The Labute approximate surface area is 130 Å². The number of anilines is 2. The number of thiophene rings is 1. The van der Waals surface area contributed by atoms with Crippen LogP contribution in [-0.2, 0) is 6.42 Å². The molecule has 0 unspecified atom stereocenters. The molecular formula is C15H13N3OS2. The number of amides is 2.